The molecule has 0 aromatic heterocycles. The predicted molar refractivity (Wildman–Crippen MR) is 189 cm³/mol. The number of benzene rings is 2. The van der Waals surface area contributed by atoms with Crippen molar-refractivity contribution in [3.63, 3.8) is 0 Å². The van der Waals surface area contributed by atoms with Crippen LogP contribution in [-0.2, 0) is 46.2 Å². The van der Waals surface area contributed by atoms with Gasteiger partial charge in [0.1, 0.15) is 11.2 Å². The number of ketones is 1. The minimum absolute atomic E-state index is 0.227. The van der Waals surface area contributed by atoms with Crippen LogP contribution < -0.4 is 16.0 Å². The number of ether oxygens (including phenoxy) is 4. The first-order valence-corrected chi connectivity index (χ1v) is 16.8. The van der Waals surface area contributed by atoms with Crippen molar-refractivity contribution in [2.45, 2.75) is 79.4 Å². The molecular formula is C38H51N3O10. The van der Waals surface area contributed by atoms with E-state index in [1.807, 2.05) is 0 Å². The fourth-order valence-corrected chi connectivity index (χ4v) is 6.70. The number of carbonyl (C=O) groups is 6. The van der Waals surface area contributed by atoms with E-state index in [0.29, 0.717) is 31.6 Å². The number of Topliss-reactive ketones (excluding diaryl/α,β-unsaturated/α-hetero) is 1. The van der Waals surface area contributed by atoms with Crippen molar-refractivity contribution in [3.05, 3.63) is 65.2 Å². The molecule has 3 amide bonds. The molecule has 0 aliphatic heterocycles. The van der Waals surface area contributed by atoms with E-state index < -0.39 is 69.7 Å². The summed E-state index contributed by atoms with van der Waals surface area (Å²) in [5.74, 6) is -5.44. The maximum atomic E-state index is 14.2. The number of hydrogen-bond donors (Lipinski definition) is 3. The van der Waals surface area contributed by atoms with Gasteiger partial charge in [0.2, 0.25) is 5.91 Å². The molecule has 2 atom stereocenters. The van der Waals surface area contributed by atoms with Crippen LogP contribution in [0.5, 0.6) is 0 Å². The molecule has 0 saturated heterocycles. The zero-order valence-electron chi connectivity index (χ0n) is 31.2. The van der Waals surface area contributed by atoms with E-state index in [9.17, 15) is 28.8 Å². The molecular weight excluding hydrogens is 658 g/mol. The summed E-state index contributed by atoms with van der Waals surface area (Å²) in [6.07, 6.45) is -0.0928. The number of methoxy groups -OCH3 is 2. The average molecular weight is 710 g/mol. The van der Waals surface area contributed by atoms with Gasteiger partial charge in [0.15, 0.2) is 5.78 Å². The molecule has 0 bridgehead atoms. The van der Waals surface area contributed by atoms with Crippen LogP contribution in [0.4, 0.5) is 15.3 Å². The molecule has 13 nitrogen and oxygen atoms in total. The van der Waals surface area contributed by atoms with E-state index in [-0.39, 0.29) is 5.56 Å². The second kappa shape index (κ2) is 15.9. The summed E-state index contributed by atoms with van der Waals surface area (Å²) in [4.78, 5) is 78.8. The maximum absolute atomic E-state index is 14.2. The lowest BCUT2D eigenvalue weighted by Crippen LogP contribution is -2.73. The van der Waals surface area contributed by atoms with Crippen LogP contribution in [-0.4, -0.2) is 74.3 Å². The second-order valence-corrected chi connectivity index (χ2v) is 15.0. The van der Waals surface area contributed by atoms with Gasteiger partial charge in [0, 0.05) is 24.3 Å². The minimum Gasteiger partial charge on any atom is -0.469 e. The highest BCUT2D eigenvalue weighted by Crippen LogP contribution is 2.66. The van der Waals surface area contributed by atoms with Crippen molar-refractivity contribution in [2.24, 2.45) is 22.7 Å². The zero-order chi connectivity index (χ0) is 38.4. The number of amides is 3. The van der Waals surface area contributed by atoms with Crippen molar-refractivity contribution in [3.8, 4) is 0 Å². The van der Waals surface area contributed by atoms with Crippen LogP contribution in [0, 0.1) is 22.7 Å². The summed E-state index contributed by atoms with van der Waals surface area (Å²) in [5.41, 5.74) is -2.35. The van der Waals surface area contributed by atoms with Gasteiger partial charge < -0.3 is 34.9 Å². The van der Waals surface area contributed by atoms with E-state index in [0.717, 1.165) is 25.3 Å². The largest absolute Gasteiger partial charge is 0.469 e. The zero-order valence-corrected chi connectivity index (χ0v) is 31.2. The highest BCUT2D eigenvalue weighted by atomic mass is 16.6. The van der Waals surface area contributed by atoms with E-state index in [2.05, 4.69) is 16.0 Å². The number of alkyl carbamates (subject to hydrolysis) is 2. The second-order valence-electron chi connectivity index (χ2n) is 15.0. The average Bonchev–Trinajstić information content (AvgIpc) is 3.03. The number of carbonyl (C=O) groups excluding carboxylic acids is 6. The van der Waals surface area contributed by atoms with Crippen LogP contribution in [0.15, 0.2) is 48.5 Å². The summed E-state index contributed by atoms with van der Waals surface area (Å²) in [5, 5.41) is 8.18. The quantitative estimate of drug-likeness (QED) is 0.150. The van der Waals surface area contributed by atoms with Crippen molar-refractivity contribution < 1.29 is 47.7 Å². The fourth-order valence-electron chi connectivity index (χ4n) is 6.70. The Morgan fingerprint density at radius 1 is 0.627 bits per heavy atom. The van der Waals surface area contributed by atoms with Gasteiger partial charge in [-0.05, 0) is 91.5 Å². The third-order valence-electron chi connectivity index (χ3n) is 8.80. The summed E-state index contributed by atoms with van der Waals surface area (Å²) in [7, 11) is 2.32. The Balaban J connectivity index is 1.78. The van der Waals surface area contributed by atoms with Crippen LogP contribution in [0.1, 0.15) is 76.9 Å². The minimum atomic E-state index is -1.72. The lowest BCUT2D eigenvalue weighted by molar-refractivity contribution is -0.212. The number of nitrogens with one attached hydrogen (secondary N) is 3. The Morgan fingerprint density at radius 2 is 1.02 bits per heavy atom. The molecule has 278 valence electrons. The van der Waals surface area contributed by atoms with E-state index in [1.165, 1.54) is 13.8 Å². The maximum Gasteiger partial charge on any atom is 0.407 e. The third kappa shape index (κ3) is 9.65. The fraction of sp³-hybridized carbons (Fsp3) is 0.526. The van der Waals surface area contributed by atoms with Crippen molar-refractivity contribution in [2.75, 3.05) is 32.6 Å². The number of hydrogen-bond acceptors (Lipinski definition) is 10. The SMILES string of the molecule is COC(=O)C1(C)C(C(=O)Nc2ccc(CCNC(=O)OC(C)(C)C)cc2)C(C)(C(=O)OC)C1C(=O)c1ccc(CCNC(=O)OC(C)(C)C)cc1. The first-order valence-electron chi connectivity index (χ1n) is 16.8. The number of anilines is 1. The Kier molecular flexibility index (Phi) is 12.7. The Labute approximate surface area is 299 Å². The first kappa shape index (κ1) is 40.5. The molecule has 1 saturated carbocycles. The van der Waals surface area contributed by atoms with Gasteiger partial charge in [-0.1, -0.05) is 36.4 Å². The van der Waals surface area contributed by atoms with Gasteiger partial charge >= 0.3 is 24.1 Å². The molecule has 13 heteroatoms. The topological polar surface area (TPSA) is 175 Å². The highest BCUT2D eigenvalue weighted by molar-refractivity contribution is 6.11. The molecule has 3 rings (SSSR count). The monoisotopic (exact) mass is 709 g/mol. The summed E-state index contributed by atoms with van der Waals surface area (Å²) < 4.78 is 20.7. The van der Waals surface area contributed by atoms with Crippen LogP contribution >= 0.6 is 0 Å². The molecule has 1 fully saturated rings. The lowest BCUT2D eigenvalue weighted by atomic mass is 9.38. The molecule has 2 aromatic carbocycles. The van der Waals surface area contributed by atoms with Gasteiger partial charge in [0.05, 0.1) is 36.9 Å². The molecule has 2 unspecified atom stereocenters. The Bertz CT molecular complexity index is 1580. The molecule has 0 heterocycles. The molecule has 1 aliphatic rings. The summed E-state index contributed by atoms with van der Waals surface area (Å²) in [6.45, 7) is 14.2. The van der Waals surface area contributed by atoms with Crippen molar-refractivity contribution in [1.82, 2.24) is 10.6 Å². The number of esters is 2. The van der Waals surface area contributed by atoms with Gasteiger partial charge in [-0.3, -0.25) is 19.2 Å². The van der Waals surface area contributed by atoms with Crippen LogP contribution in [0.2, 0.25) is 0 Å². The van der Waals surface area contributed by atoms with Gasteiger partial charge in [-0.15, -0.1) is 0 Å². The summed E-state index contributed by atoms with van der Waals surface area (Å²) >= 11 is 0. The lowest BCUT2D eigenvalue weighted by Gasteiger charge is -2.60. The number of rotatable bonds is 12. The van der Waals surface area contributed by atoms with Gasteiger partial charge in [0.25, 0.3) is 0 Å². The molecule has 0 spiro atoms. The van der Waals surface area contributed by atoms with Crippen molar-refractivity contribution in [1.29, 1.82) is 0 Å². The molecule has 51 heavy (non-hydrogen) atoms. The smallest absolute Gasteiger partial charge is 0.407 e. The first-order chi connectivity index (χ1) is 23.7. The summed E-state index contributed by atoms with van der Waals surface area (Å²) in [6, 6.07) is 13.5. The van der Waals surface area contributed by atoms with Crippen LogP contribution in [0.25, 0.3) is 0 Å². The highest BCUT2D eigenvalue weighted by Gasteiger charge is 2.78. The van der Waals surface area contributed by atoms with E-state index in [4.69, 9.17) is 18.9 Å². The Morgan fingerprint density at radius 3 is 1.39 bits per heavy atom. The van der Waals surface area contributed by atoms with E-state index >= 15 is 0 Å². The molecule has 2 aromatic rings. The standard InChI is InChI=1S/C38H51N3O10/c1-35(2,3)50-33(46)39-21-19-23-11-15-25(16-12-23)27(42)28-37(7,31(44)48-9)29(38(28,8)32(45)49-10)30(43)41-26-17-13-24(14-18-26)20-22-40-34(47)51-36(4,5)6/h11-18,28-29H,19-22H2,1-10H3,(H,39,46)(H,40,47)(H,41,43). The van der Waals surface area contributed by atoms with Gasteiger partial charge in [-0.2, -0.15) is 0 Å². The van der Waals surface area contributed by atoms with Crippen molar-refractivity contribution >= 4 is 41.5 Å². The van der Waals surface area contributed by atoms with E-state index in [1.54, 1.807) is 90.1 Å². The van der Waals surface area contributed by atoms with Gasteiger partial charge in [-0.25, -0.2) is 9.59 Å². The molecule has 0 radical (unpaired) electrons. The normalized spacial score (nSPS) is 21.3. The third-order valence-corrected chi connectivity index (χ3v) is 8.80. The predicted octanol–water partition coefficient (Wildman–Crippen LogP) is 5.25. The molecule has 3 N–H and O–H groups in total. The Hall–Kier alpha value is -4.94. The van der Waals surface area contributed by atoms with Crippen LogP contribution in [0.3, 0.4) is 0 Å². The molecule has 1 aliphatic carbocycles.